The van der Waals surface area contributed by atoms with Crippen LogP contribution in [0.5, 0.6) is 5.75 Å². The summed E-state index contributed by atoms with van der Waals surface area (Å²) in [6, 6.07) is 13.5. The smallest absolute Gasteiger partial charge is 0.416 e. The number of nitriles is 1. The van der Waals surface area contributed by atoms with E-state index in [1.165, 1.54) is 29.8 Å². The molecule has 3 aromatic rings. The monoisotopic (exact) mass is 397 g/mol. The molecule has 0 radical (unpaired) electrons. The molecule has 0 saturated heterocycles. The summed E-state index contributed by atoms with van der Waals surface area (Å²) in [4.78, 5) is 13.2. The molecular weight excluding hydrogens is 383 g/mol. The number of rotatable bonds is 1. The minimum absolute atomic E-state index is 0.0475. The number of allylic oxidation sites excluding steroid dienone is 1. The molecule has 8 heteroatoms. The van der Waals surface area contributed by atoms with Crippen molar-refractivity contribution >= 4 is 10.9 Å². The van der Waals surface area contributed by atoms with Gasteiger partial charge >= 0.3 is 6.18 Å². The summed E-state index contributed by atoms with van der Waals surface area (Å²) in [7, 11) is 1.52. The summed E-state index contributed by atoms with van der Waals surface area (Å²) >= 11 is 0. The van der Waals surface area contributed by atoms with Crippen molar-refractivity contribution in [1.82, 2.24) is 4.57 Å². The maximum atomic E-state index is 13.7. The number of ether oxygens (including phenoxy) is 1. The summed E-state index contributed by atoms with van der Waals surface area (Å²) in [5.74, 6) is -1.55. The largest absolute Gasteiger partial charge is 0.439 e. The number of halogens is 3. The van der Waals surface area contributed by atoms with Crippen LogP contribution in [-0.2, 0) is 13.2 Å². The Balaban J connectivity index is 2.16. The van der Waals surface area contributed by atoms with Crippen molar-refractivity contribution in [3.05, 3.63) is 87.0 Å². The first-order chi connectivity index (χ1) is 13.8. The van der Waals surface area contributed by atoms with Crippen LogP contribution >= 0.6 is 0 Å². The summed E-state index contributed by atoms with van der Waals surface area (Å²) in [6.45, 7) is 0. The maximum absolute atomic E-state index is 13.7. The van der Waals surface area contributed by atoms with Crippen LogP contribution in [-0.4, -0.2) is 4.57 Å². The van der Waals surface area contributed by atoms with Crippen LogP contribution in [0.25, 0.3) is 10.9 Å². The van der Waals surface area contributed by atoms with E-state index in [-0.39, 0.29) is 28.3 Å². The first-order valence-corrected chi connectivity index (χ1v) is 8.61. The van der Waals surface area contributed by atoms with Gasteiger partial charge in [0.1, 0.15) is 17.4 Å². The lowest BCUT2D eigenvalue weighted by Gasteiger charge is -2.29. The Morgan fingerprint density at radius 2 is 1.79 bits per heavy atom. The average Bonchev–Trinajstić information content (AvgIpc) is 2.70. The van der Waals surface area contributed by atoms with E-state index in [0.717, 1.165) is 6.07 Å². The number of benzene rings is 2. The van der Waals surface area contributed by atoms with Crippen molar-refractivity contribution in [1.29, 1.82) is 5.26 Å². The van der Waals surface area contributed by atoms with E-state index >= 15 is 0 Å². The second kappa shape index (κ2) is 6.41. The van der Waals surface area contributed by atoms with Gasteiger partial charge in [-0.15, -0.1) is 0 Å². The molecule has 0 amide bonds. The van der Waals surface area contributed by atoms with Gasteiger partial charge in [0, 0.05) is 12.4 Å². The number of hydrogen-bond donors (Lipinski definition) is 1. The number of pyridine rings is 1. The summed E-state index contributed by atoms with van der Waals surface area (Å²) in [5, 5.41) is 10.1. The fourth-order valence-corrected chi connectivity index (χ4v) is 3.74. The van der Waals surface area contributed by atoms with Crippen LogP contribution in [0.3, 0.4) is 0 Å². The molecule has 2 N–H and O–H groups in total. The molecule has 0 spiro atoms. The van der Waals surface area contributed by atoms with E-state index < -0.39 is 23.2 Å². The quantitative estimate of drug-likeness (QED) is 0.678. The number of nitrogens with zero attached hydrogens (tertiary/aromatic N) is 2. The number of aromatic nitrogens is 1. The minimum atomic E-state index is -4.67. The highest BCUT2D eigenvalue weighted by Crippen LogP contribution is 2.46. The molecule has 2 heterocycles. The predicted octanol–water partition coefficient (Wildman–Crippen LogP) is 3.78. The van der Waals surface area contributed by atoms with Crippen LogP contribution in [0, 0.1) is 11.3 Å². The van der Waals surface area contributed by atoms with Crippen molar-refractivity contribution in [2.45, 2.75) is 12.1 Å². The fourth-order valence-electron chi connectivity index (χ4n) is 3.74. The van der Waals surface area contributed by atoms with Crippen LogP contribution in [0.2, 0.25) is 0 Å². The number of para-hydroxylation sites is 1. The molecule has 1 unspecified atom stereocenters. The first-order valence-electron chi connectivity index (χ1n) is 8.61. The van der Waals surface area contributed by atoms with Crippen LogP contribution in [0.15, 0.2) is 64.8 Å². The number of hydrogen-bond acceptors (Lipinski definition) is 4. The van der Waals surface area contributed by atoms with Crippen molar-refractivity contribution in [3.63, 3.8) is 0 Å². The van der Waals surface area contributed by atoms with Gasteiger partial charge in [0.2, 0.25) is 5.88 Å². The molecule has 4 rings (SSSR count). The Morgan fingerprint density at radius 1 is 1.14 bits per heavy atom. The zero-order chi connectivity index (χ0) is 20.9. The molecule has 5 nitrogen and oxygen atoms in total. The summed E-state index contributed by atoms with van der Waals surface area (Å²) in [6.07, 6.45) is -4.67. The van der Waals surface area contributed by atoms with E-state index in [1.807, 2.05) is 6.07 Å². The standard InChI is InChI=1S/C21H14F3N3O2/c1-27-15-9-5-3-7-12(15)18-17(20(27)28)16(13(10-25)19(26)29-18)11-6-2-4-8-14(11)21(22,23)24/h2-9,16H,26H2,1H3. The molecule has 1 aliphatic heterocycles. The fraction of sp³-hybridized carbons (Fsp3) is 0.143. The Labute approximate surface area is 163 Å². The second-order valence-electron chi connectivity index (χ2n) is 6.63. The van der Waals surface area contributed by atoms with Gasteiger partial charge in [0.25, 0.3) is 5.56 Å². The minimum Gasteiger partial charge on any atom is -0.439 e. The Bertz CT molecular complexity index is 1280. The van der Waals surface area contributed by atoms with Gasteiger partial charge in [-0.25, -0.2) is 0 Å². The molecule has 0 aliphatic carbocycles. The average molecular weight is 397 g/mol. The molecule has 1 aliphatic rings. The lowest BCUT2D eigenvalue weighted by atomic mass is 9.81. The summed E-state index contributed by atoms with van der Waals surface area (Å²) in [5.41, 5.74) is 4.45. The van der Waals surface area contributed by atoms with Crippen molar-refractivity contribution in [2.75, 3.05) is 0 Å². The third-order valence-electron chi connectivity index (χ3n) is 5.04. The Kier molecular flexibility index (Phi) is 4.12. The SMILES string of the molecule is Cn1c(=O)c2c(c3ccccc31)OC(N)=C(C#N)C2c1ccccc1C(F)(F)F. The normalized spacial score (nSPS) is 16.3. The van der Waals surface area contributed by atoms with Crippen LogP contribution in [0.1, 0.15) is 22.6 Å². The molecule has 29 heavy (non-hydrogen) atoms. The molecule has 2 aromatic carbocycles. The van der Waals surface area contributed by atoms with E-state index in [4.69, 9.17) is 10.5 Å². The molecule has 0 saturated carbocycles. The molecule has 1 aromatic heterocycles. The number of nitrogens with two attached hydrogens (primary N) is 1. The second-order valence-corrected chi connectivity index (χ2v) is 6.63. The van der Waals surface area contributed by atoms with Gasteiger partial charge in [0.15, 0.2) is 0 Å². The lowest BCUT2D eigenvalue weighted by Crippen LogP contribution is -2.31. The van der Waals surface area contributed by atoms with E-state index in [0.29, 0.717) is 10.9 Å². The van der Waals surface area contributed by atoms with Gasteiger partial charge < -0.3 is 15.0 Å². The number of aryl methyl sites for hydroxylation is 1. The van der Waals surface area contributed by atoms with Gasteiger partial charge in [-0.2, -0.15) is 18.4 Å². The van der Waals surface area contributed by atoms with E-state index in [2.05, 4.69) is 0 Å². The molecule has 0 fully saturated rings. The summed E-state index contributed by atoms with van der Waals surface area (Å²) < 4.78 is 48.0. The molecule has 146 valence electrons. The van der Waals surface area contributed by atoms with Gasteiger partial charge in [0.05, 0.1) is 22.6 Å². The number of fused-ring (bicyclic) bond motifs is 3. The van der Waals surface area contributed by atoms with Gasteiger partial charge in [-0.1, -0.05) is 30.3 Å². The third-order valence-corrected chi connectivity index (χ3v) is 5.04. The predicted molar refractivity (Wildman–Crippen MR) is 99.9 cm³/mol. The van der Waals surface area contributed by atoms with E-state index in [9.17, 15) is 23.2 Å². The van der Waals surface area contributed by atoms with Crippen molar-refractivity contribution in [2.24, 2.45) is 12.8 Å². The topological polar surface area (TPSA) is 81.0 Å². The van der Waals surface area contributed by atoms with Gasteiger partial charge in [-0.3, -0.25) is 4.79 Å². The number of alkyl halides is 3. The zero-order valence-electron chi connectivity index (χ0n) is 15.1. The Hall–Kier alpha value is -3.73. The van der Waals surface area contributed by atoms with Crippen molar-refractivity contribution in [3.8, 4) is 11.8 Å². The Morgan fingerprint density at radius 3 is 2.48 bits per heavy atom. The van der Waals surface area contributed by atoms with E-state index in [1.54, 1.807) is 24.3 Å². The lowest BCUT2D eigenvalue weighted by molar-refractivity contribution is -0.138. The highest BCUT2D eigenvalue weighted by atomic mass is 19.4. The first kappa shape index (κ1) is 18.6. The van der Waals surface area contributed by atoms with Crippen LogP contribution < -0.4 is 16.0 Å². The zero-order valence-corrected chi connectivity index (χ0v) is 15.1. The highest BCUT2D eigenvalue weighted by molar-refractivity contribution is 5.88. The maximum Gasteiger partial charge on any atom is 0.416 e. The molecule has 0 bridgehead atoms. The van der Waals surface area contributed by atoms with Crippen LogP contribution in [0.4, 0.5) is 13.2 Å². The molecular formula is C21H14F3N3O2. The highest BCUT2D eigenvalue weighted by Gasteiger charge is 2.41. The van der Waals surface area contributed by atoms with Gasteiger partial charge in [-0.05, 0) is 23.8 Å². The molecule has 1 atom stereocenters. The third kappa shape index (κ3) is 2.74. The van der Waals surface area contributed by atoms with Crippen molar-refractivity contribution < 1.29 is 17.9 Å².